The van der Waals surface area contributed by atoms with Gasteiger partial charge in [0.15, 0.2) is 0 Å². The SMILES string of the molecule is CCC1c2cccc(N)c2C(=O)N1CCF. The molecule has 16 heavy (non-hydrogen) atoms. The van der Waals surface area contributed by atoms with Crippen molar-refractivity contribution < 1.29 is 9.18 Å². The summed E-state index contributed by atoms with van der Waals surface area (Å²) >= 11 is 0. The third-order valence-electron chi connectivity index (χ3n) is 3.05. The predicted molar refractivity (Wildman–Crippen MR) is 60.9 cm³/mol. The Bertz CT molecular complexity index is 419. The lowest BCUT2D eigenvalue weighted by atomic mass is 10.0. The van der Waals surface area contributed by atoms with Crippen LogP contribution in [0.25, 0.3) is 0 Å². The van der Waals surface area contributed by atoms with Crippen LogP contribution in [-0.4, -0.2) is 24.0 Å². The van der Waals surface area contributed by atoms with Crippen LogP contribution in [0.5, 0.6) is 0 Å². The number of rotatable bonds is 3. The molecular weight excluding hydrogens is 207 g/mol. The number of anilines is 1. The van der Waals surface area contributed by atoms with E-state index in [9.17, 15) is 9.18 Å². The smallest absolute Gasteiger partial charge is 0.256 e. The van der Waals surface area contributed by atoms with E-state index in [4.69, 9.17) is 5.73 Å². The van der Waals surface area contributed by atoms with E-state index >= 15 is 0 Å². The van der Waals surface area contributed by atoms with Crippen LogP contribution in [0.15, 0.2) is 18.2 Å². The molecule has 2 N–H and O–H groups in total. The zero-order chi connectivity index (χ0) is 11.7. The number of alkyl halides is 1. The zero-order valence-electron chi connectivity index (χ0n) is 9.24. The minimum atomic E-state index is -0.518. The number of benzene rings is 1. The standard InChI is InChI=1S/C12H15FN2O/c1-2-10-8-4-3-5-9(14)11(8)12(16)15(10)7-6-13/h3-5,10H,2,6-7,14H2,1H3. The Kier molecular flexibility index (Phi) is 2.81. The molecule has 1 atom stereocenters. The number of carbonyl (C=O) groups excluding carboxylic acids is 1. The fourth-order valence-corrected chi connectivity index (χ4v) is 2.36. The summed E-state index contributed by atoms with van der Waals surface area (Å²) in [6.45, 7) is 1.61. The third kappa shape index (κ3) is 1.45. The Labute approximate surface area is 94.0 Å². The van der Waals surface area contributed by atoms with Gasteiger partial charge in [-0.05, 0) is 18.1 Å². The van der Waals surface area contributed by atoms with Gasteiger partial charge in [-0.25, -0.2) is 4.39 Å². The Balaban J connectivity index is 2.47. The molecule has 0 bridgehead atoms. The monoisotopic (exact) mass is 222 g/mol. The van der Waals surface area contributed by atoms with Crippen molar-refractivity contribution in [2.24, 2.45) is 0 Å². The lowest BCUT2D eigenvalue weighted by Gasteiger charge is -2.22. The highest BCUT2D eigenvalue weighted by molar-refractivity contribution is 6.03. The fraction of sp³-hybridized carbons (Fsp3) is 0.417. The van der Waals surface area contributed by atoms with E-state index in [1.807, 2.05) is 19.1 Å². The fourth-order valence-electron chi connectivity index (χ4n) is 2.36. The molecule has 1 aromatic carbocycles. The van der Waals surface area contributed by atoms with E-state index in [0.717, 1.165) is 12.0 Å². The van der Waals surface area contributed by atoms with Gasteiger partial charge in [0.25, 0.3) is 5.91 Å². The number of nitrogens with zero attached hydrogens (tertiary/aromatic N) is 1. The molecule has 1 aliphatic rings. The number of nitrogens with two attached hydrogens (primary N) is 1. The summed E-state index contributed by atoms with van der Waals surface area (Å²) in [6, 6.07) is 5.42. The molecule has 0 aliphatic carbocycles. The van der Waals surface area contributed by atoms with Gasteiger partial charge in [-0.1, -0.05) is 19.1 Å². The summed E-state index contributed by atoms with van der Waals surface area (Å²) in [4.78, 5) is 13.6. The van der Waals surface area contributed by atoms with Crippen molar-refractivity contribution >= 4 is 11.6 Å². The molecule has 1 heterocycles. The molecule has 1 aliphatic heterocycles. The number of amides is 1. The van der Waals surface area contributed by atoms with Crippen molar-refractivity contribution in [2.45, 2.75) is 19.4 Å². The zero-order valence-corrected chi connectivity index (χ0v) is 9.24. The van der Waals surface area contributed by atoms with Crippen molar-refractivity contribution in [1.29, 1.82) is 0 Å². The van der Waals surface area contributed by atoms with Crippen molar-refractivity contribution in [3.05, 3.63) is 29.3 Å². The summed E-state index contributed by atoms with van der Waals surface area (Å²) in [5, 5.41) is 0. The van der Waals surface area contributed by atoms with E-state index in [1.165, 1.54) is 0 Å². The van der Waals surface area contributed by atoms with Gasteiger partial charge in [-0.15, -0.1) is 0 Å². The van der Waals surface area contributed by atoms with Crippen LogP contribution in [0.3, 0.4) is 0 Å². The first-order valence-corrected chi connectivity index (χ1v) is 5.46. The van der Waals surface area contributed by atoms with Gasteiger partial charge in [-0.2, -0.15) is 0 Å². The average molecular weight is 222 g/mol. The van der Waals surface area contributed by atoms with Gasteiger partial charge in [0.05, 0.1) is 11.6 Å². The molecule has 1 aromatic rings. The highest BCUT2D eigenvalue weighted by atomic mass is 19.1. The first-order chi connectivity index (χ1) is 7.70. The molecule has 0 saturated carbocycles. The Morgan fingerprint density at radius 1 is 1.50 bits per heavy atom. The number of fused-ring (bicyclic) bond motifs is 1. The van der Waals surface area contributed by atoms with Crippen LogP contribution < -0.4 is 5.73 Å². The molecule has 1 unspecified atom stereocenters. The van der Waals surface area contributed by atoms with Gasteiger partial charge < -0.3 is 10.6 Å². The third-order valence-corrected chi connectivity index (χ3v) is 3.05. The summed E-state index contributed by atoms with van der Waals surface area (Å²) in [5.74, 6) is -0.141. The van der Waals surface area contributed by atoms with Crippen molar-refractivity contribution in [3.8, 4) is 0 Å². The lowest BCUT2D eigenvalue weighted by molar-refractivity contribution is 0.0709. The van der Waals surface area contributed by atoms with Crippen molar-refractivity contribution in [2.75, 3.05) is 19.0 Å². The molecule has 0 radical (unpaired) electrons. The highest BCUT2D eigenvalue weighted by Crippen LogP contribution is 2.37. The molecule has 0 aromatic heterocycles. The van der Waals surface area contributed by atoms with Crippen LogP contribution in [0, 0.1) is 0 Å². The Morgan fingerprint density at radius 3 is 2.88 bits per heavy atom. The lowest BCUT2D eigenvalue weighted by Crippen LogP contribution is -2.30. The summed E-state index contributed by atoms with van der Waals surface area (Å²) in [6.07, 6.45) is 0.780. The first kappa shape index (κ1) is 10.9. The summed E-state index contributed by atoms with van der Waals surface area (Å²) in [7, 11) is 0. The van der Waals surface area contributed by atoms with Crippen LogP contribution >= 0.6 is 0 Å². The molecule has 0 fully saturated rings. The minimum Gasteiger partial charge on any atom is -0.398 e. The largest absolute Gasteiger partial charge is 0.398 e. The van der Waals surface area contributed by atoms with Gasteiger partial charge in [0.2, 0.25) is 0 Å². The predicted octanol–water partition coefficient (Wildman–Crippen LogP) is 2.15. The minimum absolute atomic E-state index is 0.0262. The molecular formula is C12H15FN2O. The number of carbonyl (C=O) groups is 1. The molecule has 4 heteroatoms. The van der Waals surface area contributed by atoms with E-state index in [1.54, 1.807) is 11.0 Å². The molecule has 86 valence electrons. The molecule has 0 spiro atoms. The first-order valence-electron chi connectivity index (χ1n) is 5.46. The van der Waals surface area contributed by atoms with Crippen molar-refractivity contribution in [3.63, 3.8) is 0 Å². The number of halogens is 1. The summed E-state index contributed by atoms with van der Waals surface area (Å²) < 4.78 is 12.4. The maximum atomic E-state index is 12.4. The Hall–Kier alpha value is -1.58. The topological polar surface area (TPSA) is 46.3 Å². The normalized spacial score (nSPS) is 19.0. The maximum absolute atomic E-state index is 12.4. The van der Waals surface area contributed by atoms with Gasteiger partial charge >= 0.3 is 0 Å². The van der Waals surface area contributed by atoms with Crippen LogP contribution in [0.2, 0.25) is 0 Å². The molecule has 0 saturated heterocycles. The quantitative estimate of drug-likeness (QED) is 0.796. The molecule has 1 amide bonds. The van der Waals surface area contributed by atoms with Crippen LogP contribution in [-0.2, 0) is 0 Å². The average Bonchev–Trinajstić information content (AvgIpc) is 2.54. The van der Waals surface area contributed by atoms with Gasteiger partial charge in [0.1, 0.15) is 6.67 Å². The van der Waals surface area contributed by atoms with E-state index in [0.29, 0.717) is 11.3 Å². The molecule has 2 rings (SSSR count). The summed E-state index contributed by atoms with van der Waals surface area (Å²) in [5.41, 5.74) is 7.77. The van der Waals surface area contributed by atoms with Gasteiger partial charge in [-0.3, -0.25) is 4.79 Å². The van der Waals surface area contributed by atoms with Gasteiger partial charge in [0, 0.05) is 12.2 Å². The molecule has 3 nitrogen and oxygen atoms in total. The number of hydrogen-bond acceptors (Lipinski definition) is 2. The van der Waals surface area contributed by atoms with E-state index < -0.39 is 6.67 Å². The van der Waals surface area contributed by atoms with E-state index in [2.05, 4.69) is 0 Å². The maximum Gasteiger partial charge on any atom is 0.256 e. The second kappa shape index (κ2) is 4.12. The van der Waals surface area contributed by atoms with Crippen LogP contribution in [0.4, 0.5) is 10.1 Å². The highest BCUT2D eigenvalue weighted by Gasteiger charge is 2.36. The second-order valence-electron chi connectivity index (χ2n) is 3.92. The van der Waals surface area contributed by atoms with Crippen LogP contribution in [0.1, 0.15) is 35.3 Å². The number of nitrogen functional groups attached to an aromatic ring is 1. The second-order valence-corrected chi connectivity index (χ2v) is 3.92. The van der Waals surface area contributed by atoms with E-state index in [-0.39, 0.29) is 18.5 Å². The Morgan fingerprint density at radius 2 is 2.25 bits per heavy atom. The van der Waals surface area contributed by atoms with Crippen molar-refractivity contribution in [1.82, 2.24) is 4.90 Å². The number of hydrogen-bond donors (Lipinski definition) is 1.